The van der Waals surface area contributed by atoms with Gasteiger partial charge in [-0.1, -0.05) is 0 Å². The van der Waals surface area contributed by atoms with Gasteiger partial charge in [0.05, 0.1) is 0 Å². The Balaban J connectivity index is -0.00000000200. The van der Waals surface area contributed by atoms with E-state index in [2.05, 4.69) is 0 Å². The van der Waals surface area contributed by atoms with Gasteiger partial charge >= 0.3 is 32.3 Å². The van der Waals surface area contributed by atoms with Crippen molar-refractivity contribution in [3.63, 3.8) is 0 Å². The summed E-state index contributed by atoms with van der Waals surface area (Å²) in [5.74, 6) is 0. The third-order valence-corrected chi connectivity index (χ3v) is 0. The summed E-state index contributed by atoms with van der Waals surface area (Å²) in [6, 6.07) is 0. The van der Waals surface area contributed by atoms with Crippen LogP contribution in [0.5, 0.6) is 0 Å². The Bertz CT molecular complexity index is 38.3. The maximum atomic E-state index is 8.40. The average molecular weight is 134 g/mol. The summed E-state index contributed by atoms with van der Waals surface area (Å²) < 4.78 is 16.8. The van der Waals surface area contributed by atoms with Gasteiger partial charge in [0, 0.05) is 0 Å². The molecule has 0 aliphatic rings. The second-order valence-electron chi connectivity index (χ2n) is 0.0833. The fraction of sp³-hybridized carbons (Fsp3) is 0. The van der Waals surface area contributed by atoms with Gasteiger partial charge in [0.25, 0.3) is 0 Å². The van der Waals surface area contributed by atoms with Gasteiger partial charge in [-0.3, -0.25) is 8.92 Å². The molecule has 0 aliphatic carbocycles. The molecule has 0 amide bonds. The molecule has 0 aromatic heterocycles. The molecule has 6 heavy (non-hydrogen) atoms. The van der Waals surface area contributed by atoms with Crippen molar-refractivity contribution in [3.8, 4) is 0 Å². The van der Waals surface area contributed by atoms with E-state index in [1.807, 2.05) is 0 Å². The maximum Gasteiger partial charge on any atom is 2.00 e. The molecule has 3 nitrogen and oxygen atoms in total. The molecular formula is H7AlMgO3Si. The molecule has 0 aliphatic heterocycles. The fourth-order valence-corrected chi connectivity index (χ4v) is 0. The van der Waals surface area contributed by atoms with Crippen molar-refractivity contribution in [2.45, 2.75) is 0 Å². The third kappa shape index (κ3) is 72.9. The Morgan fingerprint density at radius 2 is 1.33 bits per heavy atom. The Kier molecular flexibility index (Phi) is 167. The van der Waals surface area contributed by atoms with Gasteiger partial charge in [0.15, 0.2) is 17.4 Å². The summed E-state index contributed by atoms with van der Waals surface area (Å²) in [4.78, 5) is 0. The largest absolute Gasteiger partial charge is 2.00 e. The van der Waals surface area contributed by atoms with Crippen molar-refractivity contribution in [1.82, 2.24) is 0 Å². The van der Waals surface area contributed by atoms with E-state index < -0.39 is 9.29 Å². The first-order valence-corrected chi connectivity index (χ1v) is 1.22. The van der Waals surface area contributed by atoms with Gasteiger partial charge in [-0.15, -0.1) is 0 Å². The summed E-state index contributed by atoms with van der Waals surface area (Å²) in [6.07, 6.45) is 0. The van der Waals surface area contributed by atoms with Crippen LogP contribution in [0.4, 0.5) is 0 Å². The first-order valence-electron chi connectivity index (χ1n) is 0.408. The summed E-state index contributed by atoms with van der Waals surface area (Å²) in [5.41, 5.74) is 0. The molecule has 0 unspecified atom stereocenters. The van der Waals surface area contributed by atoms with Crippen molar-refractivity contribution in [2.24, 2.45) is 0 Å². The van der Waals surface area contributed by atoms with Gasteiger partial charge in [0.1, 0.15) is 0 Å². The predicted molar refractivity (Wildman–Crippen MR) is 28.7 cm³/mol. The Hall–Kier alpha value is 1.08. The molecular weight excluding hydrogens is 127 g/mol. The van der Waals surface area contributed by atoms with Crippen LogP contribution < -0.4 is 0 Å². The third-order valence-electron chi connectivity index (χ3n) is 0. The van der Waals surface area contributed by atoms with E-state index in [1.165, 1.54) is 0 Å². The van der Waals surface area contributed by atoms with Crippen LogP contribution >= 0.6 is 0 Å². The van der Waals surface area contributed by atoms with Crippen LogP contribution in [0.25, 0.3) is 0 Å². The van der Waals surface area contributed by atoms with Crippen LogP contribution in [0.15, 0.2) is 0 Å². The van der Waals surface area contributed by atoms with E-state index >= 15 is 0 Å². The molecule has 34 valence electrons. The minimum Gasteiger partial charge on any atom is -1.00 e. The molecule has 0 bridgehead atoms. The molecule has 0 aromatic rings. The molecule has 0 saturated carbocycles. The maximum absolute atomic E-state index is 8.40. The zero-order valence-electron chi connectivity index (χ0n) is 4.52. The monoisotopic (exact) mass is 134 g/mol. The van der Waals surface area contributed by atoms with Crippen LogP contribution in [0.2, 0.25) is 0 Å². The summed E-state index contributed by atoms with van der Waals surface area (Å²) in [6.45, 7) is 0. The molecule has 0 spiro atoms. The van der Waals surface area contributed by atoms with Crippen LogP contribution in [-0.2, 0) is 8.92 Å². The zero-order chi connectivity index (χ0) is 2.71. The Morgan fingerprint density at radius 3 is 1.33 bits per heavy atom. The molecule has 0 radical (unpaired) electrons. The van der Waals surface area contributed by atoms with Crippen molar-refractivity contribution in [1.29, 1.82) is 0 Å². The number of hydrogen-bond acceptors (Lipinski definition) is 2. The van der Waals surface area contributed by atoms with E-state index in [1.54, 1.807) is 0 Å². The first-order chi connectivity index (χ1) is 1.41. The minimum absolute atomic E-state index is 0. The van der Waals surface area contributed by atoms with Crippen molar-refractivity contribution >= 4 is 49.7 Å². The minimum atomic E-state index is -1.42. The van der Waals surface area contributed by atoms with E-state index in [4.69, 9.17) is 8.92 Å². The molecule has 6 heteroatoms. The molecule has 0 saturated heterocycles. The van der Waals surface area contributed by atoms with Crippen LogP contribution in [0.1, 0.15) is 2.85 Å². The SMILES string of the molecule is O.O=[Si]=O.[AlH3].[H-].[H-].[Mg+2]. The van der Waals surface area contributed by atoms with Gasteiger partial charge in [-0.05, 0) is 0 Å². The van der Waals surface area contributed by atoms with Gasteiger partial charge < -0.3 is 8.33 Å². The molecule has 0 heterocycles. The van der Waals surface area contributed by atoms with Gasteiger partial charge in [0.2, 0.25) is 0 Å². The van der Waals surface area contributed by atoms with E-state index in [0.717, 1.165) is 0 Å². The topological polar surface area (TPSA) is 65.6 Å². The quantitative estimate of drug-likeness (QED) is 0.336. The molecule has 0 atom stereocenters. The van der Waals surface area contributed by atoms with E-state index in [-0.39, 0.29) is 48.7 Å². The molecule has 0 rings (SSSR count). The smallest absolute Gasteiger partial charge is 1.00 e. The number of hydrogen-bond donors (Lipinski definition) is 0. The average Bonchev–Trinajstić information content (AvgIpc) is 0.918. The Labute approximate surface area is 67.0 Å². The standard InChI is InChI=1S/Al.Mg.O2Si.H2O.5H/c;;1-3-2;;;;;;/h;;;1H2;;;;;/q;+2;;;;;;2*-1. The number of rotatable bonds is 0. The van der Waals surface area contributed by atoms with Crippen LogP contribution in [0.3, 0.4) is 0 Å². The van der Waals surface area contributed by atoms with Crippen molar-refractivity contribution in [3.05, 3.63) is 0 Å². The Morgan fingerprint density at radius 1 is 1.33 bits per heavy atom. The first kappa shape index (κ1) is 27.6. The fourth-order valence-electron chi connectivity index (χ4n) is 0. The van der Waals surface area contributed by atoms with Crippen molar-refractivity contribution in [2.75, 3.05) is 0 Å². The predicted octanol–water partition coefficient (Wildman–Crippen LogP) is -2.78. The second kappa shape index (κ2) is 36.3. The molecule has 0 fully saturated rings. The van der Waals surface area contributed by atoms with Crippen LogP contribution in [0, 0.1) is 0 Å². The van der Waals surface area contributed by atoms with Gasteiger partial charge in [-0.2, -0.15) is 0 Å². The summed E-state index contributed by atoms with van der Waals surface area (Å²) >= 11 is 0. The van der Waals surface area contributed by atoms with Crippen LogP contribution in [-0.4, -0.2) is 55.2 Å². The summed E-state index contributed by atoms with van der Waals surface area (Å²) in [5, 5.41) is 0. The molecule has 2 N–H and O–H groups in total. The van der Waals surface area contributed by atoms with E-state index in [0.29, 0.717) is 0 Å². The normalized spacial score (nSPS) is 1.33. The van der Waals surface area contributed by atoms with Gasteiger partial charge in [-0.25, -0.2) is 0 Å². The zero-order valence-corrected chi connectivity index (χ0v) is 4.94. The van der Waals surface area contributed by atoms with Crippen molar-refractivity contribution < 1.29 is 17.3 Å². The summed E-state index contributed by atoms with van der Waals surface area (Å²) in [7, 11) is -1.42. The second-order valence-corrected chi connectivity index (χ2v) is 0.250. The van der Waals surface area contributed by atoms with E-state index in [9.17, 15) is 0 Å². The molecule has 0 aromatic carbocycles.